The van der Waals surface area contributed by atoms with Crippen molar-refractivity contribution in [1.82, 2.24) is 0 Å². The molecule has 0 atom stereocenters. The second kappa shape index (κ2) is 5.23. The van der Waals surface area contributed by atoms with E-state index in [1.807, 2.05) is 4.74 Å². The molecule has 0 saturated carbocycles. The standard InChI is InChI=1S/C7H2F12O2/c1-2(8)3(9,10)20-5(13,14)4(11,12)6(15,16)21-7(17,18)19/h1H2. The number of ether oxygens (including phenoxy) is 2. The molecule has 126 valence electrons. The number of alkyl halides is 11. The zero-order valence-corrected chi connectivity index (χ0v) is 9.06. The highest BCUT2D eigenvalue weighted by atomic mass is 19.4. The number of hydrogen-bond acceptors (Lipinski definition) is 2. The second-order valence-electron chi connectivity index (χ2n) is 3.18. The Morgan fingerprint density at radius 3 is 1.29 bits per heavy atom. The van der Waals surface area contributed by atoms with Crippen molar-refractivity contribution in [2.24, 2.45) is 0 Å². The van der Waals surface area contributed by atoms with Crippen molar-refractivity contribution in [2.45, 2.75) is 30.6 Å². The summed E-state index contributed by atoms with van der Waals surface area (Å²) in [6.45, 7) is 1.70. The molecule has 0 bridgehead atoms. The molecule has 0 aromatic heterocycles. The molecule has 14 heteroatoms. The SMILES string of the molecule is C=C(F)C(F)(F)OC(F)(F)C(F)(F)C(F)(F)OC(F)(F)F. The molecule has 0 fully saturated rings. The Balaban J connectivity index is 5.51. The van der Waals surface area contributed by atoms with Crippen LogP contribution in [0.4, 0.5) is 52.7 Å². The van der Waals surface area contributed by atoms with Crippen molar-refractivity contribution in [1.29, 1.82) is 0 Å². The minimum Gasteiger partial charge on any atom is -0.244 e. The highest BCUT2D eigenvalue weighted by Gasteiger charge is 2.78. The third-order valence-electron chi connectivity index (χ3n) is 1.55. The Morgan fingerprint density at radius 1 is 0.667 bits per heavy atom. The van der Waals surface area contributed by atoms with E-state index in [2.05, 4.69) is 0 Å². The third kappa shape index (κ3) is 4.39. The Bertz CT molecular complexity index is 397. The first-order chi connectivity index (χ1) is 8.86. The molecule has 0 amide bonds. The van der Waals surface area contributed by atoms with Crippen molar-refractivity contribution in [3.63, 3.8) is 0 Å². The average Bonchev–Trinajstić information content (AvgIpc) is 2.10. The van der Waals surface area contributed by atoms with Gasteiger partial charge in [-0.25, -0.2) is 13.9 Å². The molecule has 0 aliphatic carbocycles. The van der Waals surface area contributed by atoms with Gasteiger partial charge in [-0.05, 0) is 0 Å². The van der Waals surface area contributed by atoms with Crippen LogP contribution < -0.4 is 0 Å². The second-order valence-corrected chi connectivity index (χ2v) is 3.18. The average molecular weight is 346 g/mol. The van der Waals surface area contributed by atoms with E-state index in [0.29, 0.717) is 0 Å². The highest BCUT2D eigenvalue weighted by molar-refractivity contribution is 4.94. The fourth-order valence-electron chi connectivity index (χ4n) is 0.659. The Labute approximate surface area is 106 Å². The molecule has 0 saturated heterocycles. The lowest BCUT2D eigenvalue weighted by Crippen LogP contribution is -2.59. The molecule has 0 N–H and O–H groups in total. The van der Waals surface area contributed by atoms with Gasteiger partial charge < -0.3 is 0 Å². The zero-order chi connectivity index (χ0) is 17.5. The summed E-state index contributed by atoms with van der Waals surface area (Å²) in [5.74, 6) is -10.3. The van der Waals surface area contributed by atoms with E-state index in [4.69, 9.17) is 0 Å². The van der Waals surface area contributed by atoms with Gasteiger partial charge in [-0.1, -0.05) is 6.58 Å². The van der Waals surface area contributed by atoms with E-state index in [-0.39, 0.29) is 0 Å². The summed E-state index contributed by atoms with van der Waals surface area (Å²) in [4.78, 5) is 0. The van der Waals surface area contributed by atoms with Crippen molar-refractivity contribution in [2.75, 3.05) is 0 Å². The Kier molecular flexibility index (Phi) is 4.93. The van der Waals surface area contributed by atoms with E-state index in [9.17, 15) is 52.7 Å². The van der Waals surface area contributed by atoms with Gasteiger partial charge in [0.05, 0.1) is 0 Å². The number of hydrogen-bond donors (Lipinski definition) is 0. The lowest BCUT2D eigenvalue weighted by molar-refractivity contribution is -0.522. The van der Waals surface area contributed by atoms with Crippen molar-refractivity contribution in [3.8, 4) is 0 Å². The minimum atomic E-state index is -7.23. The van der Waals surface area contributed by atoms with E-state index in [1.165, 1.54) is 4.74 Å². The Morgan fingerprint density at radius 2 is 1.00 bits per heavy atom. The summed E-state index contributed by atoms with van der Waals surface area (Å²) in [6.07, 6.45) is -26.3. The molecule has 0 aliphatic rings. The summed E-state index contributed by atoms with van der Waals surface area (Å²) in [5.41, 5.74) is 0. The van der Waals surface area contributed by atoms with Crippen molar-refractivity contribution in [3.05, 3.63) is 12.4 Å². The first-order valence-corrected chi connectivity index (χ1v) is 4.19. The molecule has 21 heavy (non-hydrogen) atoms. The van der Waals surface area contributed by atoms with Gasteiger partial charge in [-0.3, -0.25) is 0 Å². The van der Waals surface area contributed by atoms with Gasteiger partial charge in [-0.15, -0.1) is 13.2 Å². The normalized spacial score (nSPS) is 15.2. The largest absolute Gasteiger partial charge is 0.527 e. The van der Waals surface area contributed by atoms with Crippen LogP contribution in [-0.4, -0.2) is 30.6 Å². The quantitative estimate of drug-likeness (QED) is 0.663. The maximum absolute atomic E-state index is 12.6. The molecule has 0 unspecified atom stereocenters. The number of rotatable bonds is 6. The molecular formula is C7H2F12O2. The molecule has 0 aromatic rings. The Hall–Kier alpha value is -1.18. The number of halogens is 12. The lowest BCUT2D eigenvalue weighted by atomic mass is 10.3. The minimum absolute atomic E-state index is 1.45. The van der Waals surface area contributed by atoms with Gasteiger partial charge in [0.2, 0.25) is 0 Å². The fraction of sp³-hybridized carbons (Fsp3) is 0.714. The van der Waals surface area contributed by atoms with E-state index in [1.54, 1.807) is 6.58 Å². The molecule has 0 heterocycles. The maximum atomic E-state index is 12.6. The van der Waals surface area contributed by atoms with Gasteiger partial charge in [0.15, 0.2) is 5.83 Å². The van der Waals surface area contributed by atoms with Gasteiger partial charge in [0.25, 0.3) is 0 Å². The molecule has 2 nitrogen and oxygen atoms in total. The van der Waals surface area contributed by atoms with Crippen LogP contribution in [0.25, 0.3) is 0 Å². The molecule has 0 spiro atoms. The predicted molar refractivity (Wildman–Crippen MR) is 38.3 cm³/mol. The summed E-state index contributed by atoms with van der Waals surface area (Å²) < 4.78 is 149. The molecular weight excluding hydrogens is 344 g/mol. The van der Waals surface area contributed by atoms with Crippen LogP contribution in [0.3, 0.4) is 0 Å². The van der Waals surface area contributed by atoms with Crippen LogP contribution in [-0.2, 0) is 9.47 Å². The van der Waals surface area contributed by atoms with Gasteiger partial charge in [0.1, 0.15) is 0 Å². The van der Waals surface area contributed by atoms with Crippen LogP contribution in [0, 0.1) is 0 Å². The molecule has 0 rings (SSSR count). The van der Waals surface area contributed by atoms with Crippen LogP contribution >= 0.6 is 0 Å². The van der Waals surface area contributed by atoms with Crippen LogP contribution in [0.15, 0.2) is 12.4 Å². The summed E-state index contributed by atoms with van der Waals surface area (Å²) in [7, 11) is 0. The first-order valence-electron chi connectivity index (χ1n) is 4.19. The lowest BCUT2D eigenvalue weighted by Gasteiger charge is -2.33. The zero-order valence-electron chi connectivity index (χ0n) is 9.06. The van der Waals surface area contributed by atoms with Gasteiger partial charge >= 0.3 is 30.6 Å². The van der Waals surface area contributed by atoms with Crippen molar-refractivity contribution < 1.29 is 62.2 Å². The van der Waals surface area contributed by atoms with Crippen molar-refractivity contribution >= 4 is 0 Å². The highest BCUT2D eigenvalue weighted by Crippen LogP contribution is 2.51. The van der Waals surface area contributed by atoms with Crippen LogP contribution in [0.5, 0.6) is 0 Å². The fourth-order valence-corrected chi connectivity index (χ4v) is 0.659. The first kappa shape index (κ1) is 19.8. The predicted octanol–water partition coefficient (Wildman–Crippen LogP) is 4.44. The molecule has 0 radical (unpaired) electrons. The summed E-state index contributed by atoms with van der Waals surface area (Å²) in [5, 5.41) is 0. The topological polar surface area (TPSA) is 18.5 Å². The summed E-state index contributed by atoms with van der Waals surface area (Å²) in [6, 6.07) is 0. The molecule has 0 aliphatic heterocycles. The van der Waals surface area contributed by atoms with Gasteiger partial charge in [0, 0.05) is 0 Å². The van der Waals surface area contributed by atoms with E-state index < -0.39 is 36.4 Å². The van der Waals surface area contributed by atoms with Crippen LogP contribution in [0.1, 0.15) is 0 Å². The summed E-state index contributed by atoms with van der Waals surface area (Å²) >= 11 is 0. The third-order valence-corrected chi connectivity index (χ3v) is 1.55. The smallest absolute Gasteiger partial charge is 0.244 e. The molecule has 0 aromatic carbocycles. The van der Waals surface area contributed by atoms with E-state index >= 15 is 0 Å². The van der Waals surface area contributed by atoms with Gasteiger partial charge in [-0.2, -0.15) is 35.1 Å². The van der Waals surface area contributed by atoms with Crippen LogP contribution in [0.2, 0.25) is 0 Å². The van der Waals surface area contributed by atoms with E-state index in [0.717, 1.165) is 0 Å². The monoisotopic (exact) mass is 346 g/mol. The maximum Gasteiger partial charge on any atom is 0.527 e.